The maximum atomic E-state index is 11.3. The molecular formula is C6H13O7P. The van der Waals surface area contributed by atoms with Gasteiger partial charge in [0.1, 0.15) is 6.61 Å². The largest absolute Gasteiger partial charge is 0.499 e. The topological polar surface area (TPSA) is 94.5 Å². The lowest BCUT2D eigenvalue weighted by molar-refractivity contribution is -0.000205. The molecule has 8 heteroatoms. The van der Waals surface area contributed by atoms with Gasteiger partial charge in [0.25, 0.3) is 0 Å². The standard InChI is InChI=1S/C6H13O7P/c1-2-10-3-4-11-14(9,12-5-7)13-6-8/h2,7-8H,1,3-6H2. The average Bonchev–Trinajstić information content (AvgIpc) is 2.13. The zero-order valence-electron chi connectivity index (χ0n) is 7.50. The van der Waals surface area contributed by atoms with E-state index in [1.165, 1.54) is 6.26 Å². The van der Waals surface area contributed by atoms with E-state index in [1.54, 1.807) is 0 Å². The van der Waals surface area contributed by atoms with Crippen molar-refractivity contribution in [3.63, 3.8) is 0 Å². The van der Waals surface area contributed by atoms with E-state index in [0.717, 1.165) is 0 Å². The second-order valence-electron chi connectivity index (χ2n) is 1.83. The Morgan fingerprint density at radius 2 is 1.71 bits per heavy atom. The molecule has 7 nitrogen and oxygen atoms in total. The maximum Gasteiger partial charge on any atom is 0.479 e. The van der Waals surface area contributed by atoms with Crippen LogP contribution in [0.5, 0.6) is 0 Å². The summed E-state index contributed by atoms with van der Waals surface area (Å²) < 4.78 is 29.2. The Morgan fingerprint density at radius 3 is 2.14 bits per heavy atom. The smallest absolute Gasteiger partial charge is 0.479 e. The molecule has 2 N–H and O–H groups in total. The van der Waals surface area contributed by atoms with E-state index >= 15 is 0 Å². The van der Waals surface area contributed by atoms with Crippen LogP contribution in [-0.4, -0.2) is 37.0 Å². The van der Waals surface area contributed by atoms with Crippen molar-refractivity contribution in [2.75, 3.05) is 26.8 Å². The van der Waals surface area contributed by atoms with Gasteiger partial charge in [0, 0.05) is 0 Å². The SMILES string of the molecule is C=COCCOP(=O)(OCO)OCO. The minimum Gasteiger partial charge on any atom is -0.499 e. The normalized spacial score (nSPS) is 11.3. The summed E-state index contributed by atoms with van der Waals surface area (Å²) in [7, 11) is -3.87. The number of ether oxygens (including phenoxy) is 1. The summed E-state index contributed by atoms with van der Waals surface area (Å²) in [4.78, 5) is 0. The number of rotatable bonds is 9. The van der Waals surface area contributed by atoms with Gasteiger partial charge >= 0.3 is 7.82 Å². The Kier molecular flexibility index (Phi) is 7.68. The van der Waals surface area contributed by atoms with Crippen LogP contribution in [0.3, 0.4) is 0 Å². The first-order valence-electron chi connectivity index (χ1n) is 3.66. The molecule has 0 aliphatic heterocycles. The van der Waals surface area contributed by atoms with Gasteiger partial charge in [-0.05, 0) is 0 Å². The Labute approximate surface area is 81.5 Å². The summed E-state index contributed by atoms with van der Waals surface area (Å²) in [6.07, 6.45) is 1.19. The monoisotopic (exact) mass is 228 g/mol. The minimum absolute atomic E-state index is 0.0801. The van der Waals surface area contributed by atoms with Gasteiger partial charge in [-0.25, -0.2) is 4.57 Å². The Morgan fingerprint density at radius 1 is 1.14 bits per heavy atom. The van der Waals surface area contributed by atoms with Gasteiger partial charge < -0.3 is 14.9 Å². The fourth-order valence-electron chi connectivity index (χ4n) is 0.534. The van der Waals surface area contributed by atoms with Crippen LogP contribution in [0.15, 0.2) is 12.8 Å². The summed E-state index contributed by atoms with van der Waals surface area (Å²) in [6.45, 7) is 1.64. The molecule has 0 aromatic carbocycles. The summed E-state index contributed by atoms with van der Waals surface area (Å²) >= 11 is 0. The molecule has 0 amide bonds. The third kappa shape index (κ3) is 6.09. The summed E-state index contributed by atoms with van der Waals surface area (Å²) in [5.41, 5.74) is 0. The molecule has 0 aliphatic rings. The van der Waals surface area contributed by atoms with Crippen molar-refractivity contribution >= 4 is 7.82 Å². The van der Waals surface area contributed by atoms with Crippen LogP contribution < -0.4 is 0 Å². The van der Waals surface area contributed by atoms with E-state index in [4.69, 9.17) is 10.2 Å². The fourth-order valence-corrected chi connectivity index (χ4v) is 1.34. The predicted molar refractivity (Wildman–Crippen MR) is 46.0 cm³/mol. The van der Waals surface area contributed by atoms with Crippen LogP contribution in [0.1, 0.15) is 0 Å². The number of phosphoric acid groups is 1. The molecule has 0 aliphatic carbocycles. The first-order valence-corrected chi connectivity index (χ1v) is 5.12. The minimum atomic E-state index is -3.87. The van der Waals surface area contributed by atoms with Gasteiger partial charge in [-0.15, -0.1) is 0 Å². The molecule has 0 unspecified atom stereocenters. The van der Waals surface area contributed by atoms with Crippen molar-refractivity contribution in [3.8, 4) is 0 Å². The highest BCUT2D eigenvalue weighted by Gasteiger charge is 2.25. The van der Waals surface area contributed by atoms with Crippen molar-refractivity contribution in [3.05, 3.63) is 12.8 Å². The lowest BCUT2D eigenvalue weighted by Gasteiger charge is -2.14. The third-order valence-corrected chi connectivity index (χ3v) is 2.36. The highest BCUT2D eigenvalue weighted by Crippen LogP contribution is 2.48. The van der Waals surface area contributed by atoms with Gasteiger partial charge in [0.05, 0.1) is 12.9 Å². The number of aliphatic hydroxyl groups is 2. The van der Waals surface area contributed by atoms with Crippen LogP contribution >= 0.6 is 7.82 Å². The van der Waals surface area contributed by atoms with E-state index in [0.29, 0.717) is 0 Å². The first-order chi connectivity index (χ1) is 6.68. The molecule has 0 bridgehead atoms. The molecule has 0 fully saturated rings. The van der Waals surface area contributed by atoms with Crippen molar-refractivity contribution in [2.45, 2.75) is 0 Å². The Bertz CT molecular complexity index is 185. The predicted octanol–water partition coefficient (Wildman–Crippen LogP) is 0.204. The highest BCUT2D eigenvalue weighted by molar-refractivity contribution is 7.48. The molecule has 0 saturated carbocycles. The van der Waals surface area contributed by atoms with Crippen molar-refractivity contribution in [1.29, 1.82) is 0 Å². The number of phosphoric ester groups is 1. The van der Waals surface area contributed by atoms with E-state index in [9.17, 15) is 4.57 Å². The van der Waals surface area contributed by atoms with Crippen LogP contribution in [0.4, 0.5) is 0 Å². The highest BCUT2D eigenvalue weighted by atomic mass is 31.2. The Hall–Kier alpha value is -0.430. The van der Waals surface area contributed by atoms with E-state index in [2.05, 4.69) is 24.9 Å². The maximum absolute atomic E-state index is 11.3. The van der Waals surface area contributed by atoms with Crippen molar-refractivity contribution in [1.82, 2.24) is 0 Å². The summed E-state index contributed by atoms with van der Waals surface area (Å²) in [6, 6.07) is 0. The van der Waals surface area contributed by atoms with Crippen molar-refractivity contribution < 1.29 is 33.1 Å². The second kappa shape index (κ2) is 7.93. The molecular weight excluding hydrogens is 215 g/mol. The molecule has 0 atom stereocenters. The summed E-state index contributed by atoms with van der Waals surface area (Å²) in [5.74, 6) is 0. The average molecular weight is 228 g/mol. The van der Waals surface area contributed by atoms with Gasteiger partial charge in [0.2, 0.25) is 0 Å². The van der Waals surface area contributed by atoms with Crippen LogP contribution in [-0.2, 0) is 22.9 Å². The molecule has 0 aromatic rings. The number of hydrogen-bond donors (Lipinski definition) is 2. The number of hydrogen-bond acceptors (Lipinski definition) is 7. The van der Waals surface area contributed by atoms with E-state index < -0.39 is 21.4 Å². The molecule has 14 heavy (non-hydrogen) atoms. The molecule has 84 valence electrons. The van der Waals surface area contributed by atoms with Gasteiger partial charge in [-0.3, -0.25) is 13.6 Å². The first kappa shape index (κ1) is 13.6. The van der Waals surface area contributed by atoms with Gasteiger partial charge in [0.15, 0.2) is 13.6 Å². The molecule has 0 radical (unpaired) electrons. The Balaban J connectivity index is 3.83. The molecule has 0 aromatic heterocycles. The quantitative estimate of drug-likeness (QED) is 0.252. The van der Waals surface area contributed by atoms with Crippen LogP contribution in [0.2, 0.25) is 0 Å². The zero-order chi connectivity index (χ0) is 10.9. The van der Waals surface area contributed by atoms with Crippen LogP contribution in [0, 0.1) is 0 Å². The molecule has 0 saturated heterocycles. The van der Waals surface area contributed by atoms with Crippen LogP contribution in [0.25, 0.3) is 0 Å². The molecule has 0 rings (SSSR count). The fraction of sp³-hybridized carbons (Fsp3) is 0.667. The lowest BCUT2D eigenvalue weighted by atomic mass is 10.8. The zero-order valence-corrected chi connectivity index (χ0v) is 8.39. The third-order valence-electron chi connectivity index (χ3n) is 1.00. The van der Waals surface area contributed by atoms with Gasteiger partial charge in [-0.1, -0.05) is 6.58 Å². The van der Waals surface area contributed by atoms with E-state index in [1.807, 2.05) is 0 Å². The molecule has 0 spiro atoms. The van der Waals surface area contributed by atoms with Crippen molar-refractivity contribution in [2.24, 2.45) is 0 Å². The molecule has 0 heterocycles. The number of aliphatic hydroxyl groups excluding tert-OH is 2. The summed E-state index contributed by atoms with van der Waals surface area (Å²) in [5, 5.41) is 16.7. The van der Waals surface area contributed by atoms with Gasteiger partial charge in [-0.2, -0.15) is 0 Å². The van der Waals surface area contributed by atoms with E-state index in [-0.39, 0.29) is 13.2 Å². The second-order valence-corrected chi connectivity index (χ2v) is 3.50. The lowest BCUT2D eigenvalue weighted by Crippen LogP contribution is -2.06.